The predicted molar refractivity (Wildman–Crippen MR) is 94.9 cm³/mol. The number of aliphatic hydroxyl groups is 1. The Bertz CT molecular complexity index is 922. The lowest BCUT2D eigenvalue weighted by Crippen LogP contribution is -2.31. The first kappa shape index (κ1) is 15.6. The molecule has 1 N–H and O–H groups in total. The number of pyridine rings is 1. The van der Waals surface area contributed by atoms with Crippen molar-refractivity contribution in [2.45, 2.75) is 51.2 Å². The van der Waals surface area contributed by atoms with E-state index >= 15 is 0 Å². The van der Waals surface area contributed by atoms with Gasteiger partial charge in [-0.3, -0.25) is 4.98 Å². The van der Waals surface area contributed by atoms with Crippen LogP contribution in [0.2, 0.25) is 0 Å². The molecule has 4 rings (SSSR count). The fourth-order valence-corrected chi connectivity index (χ4v) is 4.84. The van der Waals surface area contributed by atoms with Gasteiger partial charge >= 0.3 is 0 Å². The molecule has 1 saturated carbocycles. The predicted octanol–water partition coefficient (Wildman–Crippen LogP) is 3.82. The van der Waals surface area contributed by atoms with E-state index in [-0.39, 0.29) is 12.0 Å². The SMILES string of the molecule is CCc1nc2cnc3ccsc3c2n1C1CC[C@H](CC#N)[C@H](O)C1. The molecule has 1 fully saturated rings. The molecule has 0 bridgehead atoms. The molecule has 24 heavy (non-hydrogen) atoms. The normalized spacial score (nSPS) is 24.5. The molecule has 0 saturated heterocycles. The van der Waals surface area contributed by atoms with Gasteiger partial charge in [-0.1, -0.05) is 6.92 Å². The number of aromatic nitrogens is 3. The summed E-state index contributed by atoms with van der Waals surface area (Å²) in [5.74, 6) is 1.16. The van der Waals surface area contributed by atoms with E-state index in [1.807, 2.05) is 12.3 Å². The van der Waals surface area contributed by atoms with Crippen LogP contribution in [0.15, 0.2) is 17.6 Å². The molecule has 1 unspecified atom stereocenters. The summed E-state index contributed by atoms with van der Waals surface area (Å²) in [6, 6.07) is 4.49. The van der Waals surface area contributed by atoms with Crippen molar-refractivity contribution in [2.75, 3.05) is 0 Å². The van der Waals surface area contributed by atoms with Crippen molar-refractivity contribution in [3.8, 4) is 6.07 Å². The molecule has 0 aromatic carbocycles. The number of thiophene rings is 1. The van der Waals surface area contributed by atoms with Gasteiger partial charge in [0, 0.05) is 18.9 Å². The quantitative estimate of drug-likeness (QED) is 0.786. The highest BCUT2D eigenvalue weighted by Gasteiger charge is 2.32. The molecular formula is C18H20N4OS. The molecule has 0 spiro atoms. The molecule has 3 aromatic heterocycles. The number of fused-ring (bicyclic) bond motifs is 3. The van der Waals surface area contributed by atoms with E-state index in [2.05, 4.69) is 27.9 Å². The number of aryl methyl sites for hydroxylation is 1. The summed E-state index contributed by atoms with van der Waals surface area (Å²) in [5, 5.41) is 21.5. The fraction of sp³-hybridized carbons (Fsp3) is 0.500. The Kier molecular flexibility index (Phi) is 3.99. The Hall–Kier alpha value is -1.97. The third-order valence-electron chi connectivity index (χ3n) is 5.16. The van der Waals surface area contributed by atoms with Crippen LogP contribution in [0.5, 0.6) is 0 Å². The molecule has 1 aliphatic rings. The lowest BCUT2D eigenvalue weighted by Gasteiger charge is -2.33. The summed E-state index contributed by atoms with van der Waals surface area (Å²) in [7, 11) is 0. The minimum Gasteiger partial charge on any atom is -0.393 e. The number of nitrogens with zero attached hydrogens (tertiary/aromatic N) is 4. The minimum absolute atomic E-state index is 0.106. The maximum atomic E-state index is 10.5. The zero-order valence-electron chi connectivity index (χ0n) is 13.6. The first-order valence-electron chi connectivity index (χ1n) is 8.51. The average molecular weight is 340 g/mol. The molecule has 5 nitrogen and oxygen atoms in total. The smallest absolute Gasteiger partial charge is 0.109 e. The molecule has 1 aliphatic carbocycles. The number of nitriles is 1. The van der Waals surface area contributed by atoms with E-state index in [4.69, 9.17) is 10.2 Å². The first-order valence-corrected chi connectivity index (χ1v) is 9.39. The van der Waals surface area contributed by atoms with E-state index in [9.17, 15) is 5.11 Å². The van der Waals surface area contributed by atoms with Gasteiger partial charge < -0.3 is 9.67 Å². The highest BCUT2D eigenvalue weighted by molar-refractivity contribution is 7.18. The van der Waals surface area contributed by atoms with Gasteiger partial charge in [0.2, 0.25) is 0 Å². The standard InChI is InChI=1S/C18H20N4OS/c1-2-16-21-14-10-20-13-6-8-24-18(13)17(14)22(16)12-4-3-11(5-7-19)15(23)9-12/h6,8,10-12,15,23H,2-5,9H2,1H3/t11-,12?,15-/m1/s1. The van der Waals surface area contributed by atoms with Crippen LogP contribution in [0.4, 0.5) is 0 Å². The van der Waals surface area contributed by atoms with Crippen LogP contribution in [0, 0.1) is 17.2 Å². The average Bonchev–Trinajstić information content (AvgIpc) is 3.19. The second kappa shape index (κ2) is 6.15. The Balaban J connectivity index is 1.81. The van der Waals surface area contributed by atoms with Crippen LogP contribution in [0.1, 0.15) is 44.5 Å². The van der Waals surface area contributed by atoms with Gasteiger partial charge in [0.15, 0.2) is 0 Å². The van der Waals surface area contributed by atoms with Crippen LogP contribution >= 0.6 is 11.3 Å². The van der Waals surface area contributed by atoms with E-state index in [0.29, 0.717) is 12.8 Å². The van der Waals surface area contributed by atoms with Gasteiger partial charge in [0.05, 0.1) is 34.1 Å². The van der Waals surface area contributed by atoms with Crippen molar-refractivity contribution in [3.05, 3.63) is 23.5 Å². The van der Waals surface area contributed by atoms with Gasteiger partial charge in [-0.15, -0.1) is 11.3 Å². The monoisotopic (exact) mass is 340 g/mol. The van der Waals surface area contributed by atoms with Crippen molar-refractivity contribution in [1.82, 2.24) is 14.5 Å². The summed E-state index contributed by atoms with van der Waals surface area (Å²) >= 11 is 1.70. The Morgan fingerprint density at radius 1 is 1.42 bits per heavy atom. The summed E-state index contributed by atoms with van der Waals surface area (Å²) in [5.41, 5.74) is 3.10. The van der Waals surface area contributed by atoms with Crippen LogP contribution < -0.4 is 0 Å². The molecule has 0 amide bonds. The lowest BCUT2D eigenvalue weighted by atomic mass is 9.82. The summed E-state index contributed by atoms with van der Waals surface area (Å²) < 4.78 is 3.51. The van der Waals surface area contributed by atoms with Crippen molar-refractivity contribution in [1.29, 1.82) is 5.26 Å². The molecule has 0 aliphatic heterocycles. The molecule has 124 valence electrons. The van der Waals surface area contributed by atoms with Crippen molar-refractivity contribution in [2.24, 2.45) is 5.92 Å². The topological polar surface area (TPSA) is 74.7 Å². The lowest BCUT2D eigenvalue weighted by molar-refractivity contribution is 0.0500. The van der Waals surface area contributed by atoms with Crippen LogP contribution in [0.3, 0.4) is 0 Å². The van der Waals surface area contributed by atoms with Gasteiger partial charge in [-0.05, 0) is 36.6 Å². The second-order valence-corrected chi connectivity index (χ2v) is 7.45. The molecule has 6 heteroatoms. The number of imidazole rings is 1. The van der Waals surface area contributed by atoms with Crippen LogP contribution in [-0.4, -0.2) is 25.7 Å². The highest BCUT2D eigenvalue weighted by atomic mass is 32.1. The Morgan fingerprint density at radius 2 is 2.29 bits per heavy atom. The summed E-state index contributed by atoms with van der Waals surface area (Å²) in [4.78, 5) is 9.29. The van der Waals surface area contributed by atoms with Crippen LogP contribution in [0.25, 0.3) is 21.3 Å². The molecule has 3 atom stereocenters. The molecular weight excluding hydrogens is 320 g/mol. The molecule has 3 heterocycles. The largest absolute Gasteiger partial charge is 0.393 e. The summed E-state index contributed by atoms with van der Waals surface area (Å²) in [6.45, 7) is 2.12. The second-order valence-electron chi connectivity index (χ2n) is 6.54. The Morgan fingerprint density at radius 3 is 3.04 bits per heavy atom. The zero-order valence-corrected chi connectivity index (χ0v) is 14.5. The fourth-order valence-electron chi connectivity index (χ4n) is 3.95. The number of hydrogen-bond acceptors (Lipinski definition) is 5. The third kappa shape index (κ3) is 2.40. The number of aliphatic hydroxyl groups excluding tert-OH is 1. The summed E-state index contributed by atoms with van der Waals surface area (Å²) in [6.07, 6.45) is 5.32. The number of hydrogen-bond donors (Lipinski definition) is 1. The van der Waals surface area contributed by atoms with Crippen molar-refractivity contribution in [3.63, 3.8) is 0 Å². The van der Waals surface area contributed by atoms with E-state index < -0.39 is 6.10 Å². The van der Waals surface area contributed by atoms with Gasteiger partial charge in [0.25, 0.3) is 0 Å². The third-order valence-corrected chi connectivity index (χ3v) is 6.07. The molecule has 0 radical (unpaired) electrons. The van der Waals surface area contributed by atoms with E-state index in [0.717, 1.165) is 41.6 Å². The van der Waals surface area contributed by atoms with E-state index in [1.165, 1.54) is 4.70 Å². The maximum absolute atomic E-state index is 10.5. The van der Waals surface area contributed by atoms with Crippen LogP contribution in [-0.2, 0) is 6.42 Å². The van der Waals surface area contributed by atoms with Crippen molar-refractivity contribution >= 4 is 32.6 Å². The minimum atomic E-state index is -0.411. The van der Waals surface area contributed by atoms with Gasteiger partial charge in [-0.2, -0.15) is 5.26 Å². The highest BCUT2D eigenvalue weighted by Crippen LogP contribution is 2.39. The number of rotatable bonds is 3. The van der Waals surface area contributed by atoms with Gasteiger partial charge in [-0.25, -0.2) is 4.98 Å². The zero-order chi connectivity index (χ0) is 16.7. The van der Waals surface area contributed by atoms with E-state index in [1.54, 1.807) is 11.3 Å². The van der Waals surface area contributed by atoms with Crippen molar-refractivity contribution < 1.29 is 5.11 Å². The van der Waals surface area contributed by atoms with Gasteiger partial charge in [0.1, 0.15) is 11.3 Å². The maximum Gasteiger partial charge on any atom is 0.109 e. The first-order chi connectivity index (χ1) is 11.7. The molecule has 3 aromatic rings. The Labute approximate surface area is 144 Å².